The number of carboxylic acids is 1. The van der Waals surface area contributed by atoms with E-state index in [-0.39, 0.29) is 18.0 Å². The van der Waals surface area contributed by atoms with Crippen molar-refractivity contribution >= 4 is 11.9 Å². The molecule has 0 atom stereocenters. The number of nitrogens with zero attached hydrogens (tertiary/aromatic N) is 2. The minimum absolute atomic E-state index is 0.0547. The van der Waals surface area contributed by atoms with Crippen molar-refractivity contribution in [3.8, 4) is 0 Å². The number of aromatic nitrogens is 2. The quantitative estimate of drug-likeness (QED) is 0.760. The van der Waals surface area contributed by atoms with Crippen LogP contribution in [0.3, 0.4) is 0 Å². The van der Waals surface area contributed by atoms with E-state index in [9.17, 15) is 9.59 Å². The van der Waals surface area contributed by atoms with Crippen LogP contribution in [0.1, 0.15) is 29.4 Å². The number of carboxylic acid groups (broad SMARTS) is 1. The van der Waals surface area contributed by atoms with Gasteiger partial charge in [-0.15, -0.1) is 0 Å². The van der Waals surface area contributed by atoms with E-state index in [1.165, 1.54) is 10.9 Å². The number of hydrogen-bond acceptors (Lipinski definition) is 3. The summed E-state index contributed by atoms with van der Waals surface area (Å²) in [5.74, 6) is -1.19. The summed E-state index contributed by atoms with van der Waals surface area (Å²) in [6, 6.07) is 0. The Kier molecular flexibility index (Phi) is 4.04. The Labute approximate surface area is 93.3 Å². The van der Waals surface area contributed by atoms with Crippen molar-refractivity contribution in [2.75, 3.05) is 6.54 Å². The number of nitrogens with one attached hydrogen (secondary N) is 1. The normalized spacial score (nSPS) is 10.1. The van der Waals surface area contributed by atoms with Gasteiger partial charge < -0.3 is 10.4 Å². The van der Waals surface area contributed by atoms with Gasteiger partial charge in [0.2, 0.25) is 5.91 Å². The van der Waals surface area contributed by atoms with Crippen molar-refractivity contribution in [3.63, 3.8) is 0 Å². The Balaban J connectivity index is 2.68. The molecule has 0 spiro atoms. The zero-order valence-electron chi connectivity index (χ0n) is 9.36. The van der Waals surface area contributed by atoms with Gasteiger partial charge in [-0.2, -0.15) is 5.10 Å². The average molecular weight is 225 g/mol. The van der Waals surface area contributed by atoms with Crippen LogP contribution in [0, 0.1) is 6.92 Å². The van der Waals surface area contributed by atoms with Gasteiger partial charge in [0, 0.05) is 6.54 Å². The number of hydrogen-bond donors (Lipinski definition) is 2. The van der Waals surface area contributed by atoms with Crippen LogP contribution in [0.4, 0.5) is 0 Å². The Bertz CT molecular complexity index is 398. The molecule has 1 amide bonds. The lowest BCUT2D eigenvalue weighted by Gasteiger charge is -2.05. The van der Waals surface area contributed by atoms with Crippen molar-refractivity contribution in [3.05, 3.63) is 17.5 Å². The lowest BCUT2D eigenvalue weighted by atomic mass is 10.3. The second kappa shape index (κ2) is 5.29. The number of amides is 1. The molecule has 0 radical (unpaired) electrons. The van der Waals surface area contributed by atoms with Crippen LogP contribution >= 0.6 is 0 Å². The molecule has 0 aromatic carbocycles. The lowest BCUT2D eigenvalue weighted by Crippen LogP contribution is -2.28. The van der Waals surface area contributed by atoms with Gasteiger partial charge >= 0.3 is 5.97 Å². The Morgan fingerprint density at radius 3 is 2.75 bits per heavy atom. The van der Waals surface area contributed by atoms with Gasteiger partial charge in [-0.1, -0.05) is 6.92 Å². The molecule has 2 N–H and O–H groups in total. The smallest absolute Gasteiger partial charge is 0.339 e. The van der Waals surface area contributed by atoms with Crippen molar-refractivity contribution < 1.29 is 14.7 Å². The molecule has 1 rings (SSSR count). The first-order chi connectivity index (χ1) is 7.56. The molecule has 1 aromatic rings. The topological polar surface area (TPSA) is 84.2 Å². The highest BCUT2D eigenvalue weighted by atomic mass is 16.4. The third-order valence-corrected chi connectivity index (χ3v) is 2.20. The zero-order valence-corrected chi connectivity index (χ0v) is 9.36. The Morgan fingerprint density at radius 1 is 1.56 bits per heavy atom. The molecule has 0 aliphatic heterocycles. The maximum atomic E-state index is 11.4. The maximum Gasteiger partial charge on any atom is 0.339 e. The van der Waals surface area contributed by atoms with E-state index in [1.807, 2.05) is 6.92 Å². The lowest BCUT2D eigenvalue weighted by molar-refractivity contribution is -0.121. The number of aromatic carboxylic acids is 1. The maximum absolute atomic E-state index is 11.4. The summed E-state index contributed by atoms with van der Waals surface area (Å²) in [7, 11) is 0. The molecule has 0 aliphatic carbocycles. The summed E-state index contributed by atoms with van der Waals surface area (Å²) >= 11 is 0. The van der Waals surface area contributed by atoms with E-state index in [2.05, 4.69) is 10.4 Å². The van der Waals surface area contributed by atoms with Gasteiger partial charge in [-0.3, -0.25) is 9.48 Å². The van der Waals surface area contributed by atoms with Crippen molar-refractivity contribution in [2.45, 2.75) is 26.8 Å². The van der Waals surface area contributed by atoms with Gasteiger partial charge in [-0.05, 0) is 13.3 Å². The van der Waals surface area contributed by atoms with Gasteiger partial charge in [0.25, 0.3) is 0 Å². The predicted molar refractivity (Wildman–Crippen MR) is 57.2 cm³/mol. The Morgan fingerprint density at radius 2 is 2.25 bits per heavy atom. The van der Waals surface area contributed by atoms with E-state index in [4.69, 9.17) is 5.11 Å². The second-order valence-corrected chi connectivity index (χ2v) is 3.46. The number of carbonyl (C=O) groups excluding carboxylic acids is 1. The molecule has 0 saturated heterocycles. The number of carbonyl (C=O) groups is 2. The van der Waals surface area contributed by atoms with Crippen molar-refractivity contribution in [1.82, 2.24) is 15.1 Å². The summed E-state index contributed by atoms with van der Waals surface area (Å²) in [4.78, 5) is 22.1. The fourth-order valence-electron chi connectivity index (χ4n) is 1.27. The van der Waals surface area contributed by atoms with E-state index in [0.717, 1.165) is 6.42 Å². The average Bonchev–Trinajstić information content (AvgIpc) is 2.57. The fraction of sp³-hybridized carbons (Fsp3) is 0.500. The first kappa shape index (κ1) is 12.2. The first-order valence-corrected chi connectivity index (χ1v) is 5.08. The summed E-state index contributed by atoms with van der Waals surface area (Å²) < 4.78 is 1.38. The Hall–Kier alpha value is -1.85. The highest BCUT2D eigenvalue weighted by Gasteiger charge is 2.14. The minimum Gasteiger partial charge on any atom is -0.478 e. The van der Waals surface area contributed by atoms with Crippen LogP contribution in [0.15, 0.2) is 6.20 Å². The first-order valence-electron chi connectivity index (χ1n) is 5.08. The number of rotatable bonds is 5. The molecule has 0 bridgehead atoms. The highest BCUT2D eigenvalue weighted by molar-refractivity contribution is 5.88. The fourth-order valence-corrected chi connectivity index (χ4v) is 1.27. The summed E-state index contributed by atoms with van der Waals surface area (Å²) in [5.41, 5.74) is 0.613. The van der Waals surface area contributed by atoms with Crippen LogP contribution < -0.4 is 5.32 Å². The molecule has 0 fully saturated rings. The molecule has 0 unspecified atom stereocenters. The largest absolute Gasteiger partial charge is 0.478 e. The molecular formula is C10H15N3O3. The summed E-state index contributed by atoms with van der Waals surface area (Å²) in [6.45, 7) is 4.26. The van der Waals surface area contributed by atoms with Crippen molar-refractivity contribution in [2.24, 2.45) is 0 Å². The highest BCUT2D eigenvalue weighted by Crippen LogP contribution is 2.06. The molecule has 6 nitrogen and oxygen atoms in total. The summed E-state index contributed by atoms with van der Waals surface area (Å²) in [6.07, 6.45) is 2.12. The van der Waals surface area contributed by atoms with E-state index in [1.54, 1.807) is 6.92 Å². The van der Waals surface area contributed by atoms with E-state index >= 15 is 0 Å². The van der Waals surface area contributed by atoms with Crippen LogP contribution in [-0.2, 0) is 11.3 Å². The van der Waals surface area contributed by atoms with Gasteiger partial charge in [0.05, 0.1) is 11.9 Å². The molecular weight excluding hydrogens is 210 g/mol. The zero-order chi connectivity index (χ0) is 12.1. The van der Waals surface area contributed by atoms with Crippen LogP contribution in [0.5, 0.6) is 0 Å². The van der Waals surface area contributed by atoms with Gasteiger partial charge in [0.15, 0.2) is 0 Å². The molecule has 6 heteroatoms. The monoisotopic (exact) mass is 225 g/mol. The van der Waals surface area contributed by atoms with Crippen LogP contribution in [0.25, 0.3) is 0 Å². The van der Waals surface area contributed by atoms with Crippen LogP contribution in [-0.4, -0.2) is 33.3 Å². The van der Waals surface area contributed by atoms with Gasteiger partial charge in [-0.25, -0.2) is 4.79 Å². The molecule has 0 aliphatic rings. The summed E-state index contributed by atoms with van der Waals surface area (Å²) in [5, 5.41) is 15.4. The molecule has 0 saturated carbocycles. The molecule has 1 heterocycles. The standard InChI is InChI=1S/C10H15N3O3/c1-3-4-11-9(14)6-13-7(2)8(5-12-13)10(15)16/h5H,3-4,6H2,1-2H3,(H,11,14)(H,15,16). The molecule has 1 aromatic heterocycles. The molecule has 16 heavy (non-hydrogen) atoms. The second-order valence-electron chi connectivity index (χ2n) is 3.46. The van der Waals surface area contributed by atoms with E-state index in [0.29, 0.717) is 12.2 Å². The predicted octanol–water partition coefficient (Wildman–Crippen LogP) is 0.416. The SMILES string of the molecule is CCCNC(=O)Cn1ncc(C(=O)O)c1C. The third-order valence-electron chi connectivity index (χ3n) is 2.20. The van der Waals surface area contributed by atoms with E-state index < -0.39 is 5.97 Å². The van der Waals surface area contributed by atoms with Crippen LogP contribution in [0.2, 0.25) is 0 Å². The minimum atomic E-state index is -1.03. The van der Waals surface area contributed by atoms with Gasteiger partial charge in [0.1, 0.15) is 12.1 Å². The van der Waals surface area contributed by atoms with Crippen molar-refractivity contribution in [1.29, 1.82) is 0 Å². The third kappa shape index (κ3) is 2.82. The molecule has 88 valence electrons.